The second-order valence-electron chi connectivity index (χ2n) is 6.86. The van der Waals surface area contributed by atoms with Crippen LogP contribution in [0.25, 0.3) is 0 Å². The molecule has 0 saturated carbocycles. The number of carbonyl (C=O) groups excluding carboxylic acids is 1. The van der Waals surface area contributed by atoms with Crippen molar-refractivity contribution in [1.29, 1.82) is 0 Å². The summed E-state index contributed by atoms with van der Waals surface area (Å²) in [5, 5.41) is 3.98. The Bertz CT molecular complexity index is 688. The fourth-order valence-corrected chi connectivity index (χ4v) is 4.12. The van der Waals surface area contributed by atoms with E-state index in [1.165, 1.54) is 36.4 Å². The number of unbranched alkanes of at least 4 members (excludes halogenated alkanes) is 3. The maximum absolute atomic E-state index is 12.6. The molecule has 1 atom stereocenters. The summed E-state index contributed by atoms with van der Waals surface area (Å²) in [6, 6.07) is 10.2. The minimum absolute atomic E-state index is 0.0984. The smallest absolute Gasteiger partial charge is 0.242 e. The van der Waals surface area contributed by atoms with Crippen molar-refractivity contribution in [2.45, 2.75) is 57.9 Å². The van der Waals surface area contributed by atoms with Crippen LogP contribution in [0.1, 0.15) is 56.8 Å². The summed E-state index contributed by atoms with van der Waals surface area (Å²) in [5.41, 5.74) is 1.21. The predicted octanol–water partition coefficient (Wildman–Crippen LogP) is 3.79. The van der Waals surface area contributed by atoms with Gasteiger partial charge in [0.15, 0.2) is 0 Å². The number of aromatic nitrogens is 2. The third-order valence-corrected chi connectivity index (χ3v) is 5.58. The molecule has 1 saturated heterocycles. The first-order chi connectivity index (χ1) is 12.8. The van der Waals surface area contributed by atoms with Gasteiger partial charge in [0.25, 0.3) is 0 Å². The third-order valence-electron chi connectivity index (χ3n) is 4.79. The summed E-state index contributed by atoms with van der Waals surface area (Å²) >= 11 is 1.41. The Balaban J connectivity index is 1.55. The van der Waals surface area contributed by atoms with E-state index in [1.54, 1.807) is 0 Å². The van der Waals surface area contributed by atoms with Gasteiger partial charge >= 0.3 is 0 Å². The van der Waals surface area contributed by atoms with E-state index in [9.17, 15) is 4.79 Å². The van der Waals surface area contributed by atoms with Crippen LogP contribution in [0.15, 0.2) is 30.3 Å². The highest BCUT2D eigenvalue weighted by Crippen LogP contribution is 2.27. The molecule has 2 heterocycles. The summed E-state index contributed by atoms with van der Waals surface area (Å²) < 4.78 is 4.50. The molecule has 1 aliphatic rings. The summed E-state index contributed by atoms with van der Waals surface area (Å²) in [5.74, 6) is 0.973. The van der Waals surface area contributed by atoms with Crippen molar-refractivity contribution in [1.82, 2.24) is 14.7 Å². The second kappa shape index (κ2) is 9.67. The first kappa shape index (κ1) is 18.8. The van der Waals surface area contributed by atoms with Gasteiger partial charge in [-0.1, -0.05) is 56.5 Å². The van der Waals surface area contributed by atoms with Crippen LogP contribution < -0.4 is 10.2 Å². The number of rotatable bonds is 9. The van der Waals surface area contributed by atoms with Crippen molar-refractivity contribution < 1.29 is 4.79 Å². The molecule has 0 radical (unpaired) electrons. The average molecular weight is 373 g/mol. The molecule has 140 valence electrons. The molecule has 26 heavy (non-hydrogen) atoms. The van der Waals surface area contributed by atoms with Crippen molar-refractivity contribution in [2.24, 2.45) is 0 Å². The molecular formula is C20H28N4OS. The Kier molecular flexibility index (Phi) is 7.00. The van der Waals surface area contributed by atoms with Crippen LogP contribution in [0.4, 0.5) is 5.13 Å². The lowest BCUT2D eigenvalue weighted by Crippen LogP contribution is -2.43. The van der Waals surface area contributed by atoms with Gasteiger partial charge in [0, 0.05) is 31.0 Å². The zero-order chi connectivity index (χ0) is 18.2. The van der Waals surface area contributed by atoms with Crippen LogP contribution in [0.3, 0.4) is 0 Å². The summed E-state index contributed by atoms with van der Waals surface area (Å²) in [6.45, 7) is 3.86. The van der Waals surface area contributed by atoms with E-state index >= 15 is 0 Å². The van der Waals surface area contributed by atoms with E-state index in [-0.39, 0.29) is 11.9 Å². The molecule has 1 aromatic heterocycles. The van der Waals surface area contributed by atoms with Crippen molar-refractivity contribution in [3.8, 4) is 0 Å². The molecule has 2 aromatic rings. The zero-order valence-corrected chi connectivity index (χ0v) is 16.3. The third kappa shape index (κ3) is 5.04. The maximum atomic E-state index is 12.6. The van der Waals surface area contributed by atoms with Gasteiger partial charge in [-0.2, -0.15) is 4.37 Å². The van der Waals surface area contributed by atoms with E-state index in [0.29, 0.717) is 0 Å². The number of hydrogen-bond acceptors (Lipinski definition) is 5. The molecule has 1 unspecified atom stereocenters. The summed E-state index contributed by atoms with van der Waals surface area (Å²) in [6.07, 6.45) is 7.36. The predicted molar refractivity (Wildman–Crippen MR) is 107 cm³/mol. The SMILES string of the molecule is CCCCCCNC(=O)C1CCCN1c1nc(Cc2ccccc2)ns1. The Morgan fingerprint density at radius 1 is 1.27 bits per heavy atom. The van der Waals surface area contributed by atoms with E-state index in [1.807, 2.05) is 18.2 Å². The number of hydrogen-bond donors (Lipinski definition) is 1. The van der Waals surface area contributed by atoms with Gasteiger partial charge in [0.05, 0.1) is 0 Å². The lowest BCUT2D eigenvalue weighted by Gasteiger charge is -2.22. The quantitative estimate of drug-likeness (QED) is 0.680. The standard InChI is InChI=1S/C20H28N4OS/c1-2-3-4-8-13-21-19(25)17-12-9-14-24(17)20-22-18(23-26-20)15-16-10-6-5-7-11-16/h5-7,10-11,17H,2-4,8-9,12-15H2,1H3,(H,21,25). The molecule has 1 aromatic carbocycles. The zero-order valence-electron chi connectivity index (χ0n) is 15.5. The molecule has 6 heteroatoms. The fourth-order valence-electron chi connectivity index (χ4n) is 3.36. The molecule has 1 aliphatic heterocycles. The lowest BCUT2D eigenvalue weighted by atomic mass is 10.1. The maximum Gasteiger partial charge on any atom is 0.242 e. The first-order valence-electron chi connectivity index (χ1n) is 9.69. The highest BCUT2D eigenvalue weighted by Gasteiger charge is 2.32. The highest BCUT2D eigenvalue weighted by atomic mass is 32.1. The Hall–Kier alpha value is -1.95. The van der Waals surface area contributed by atoms with Gasteiger partial charge in [-0.05, 0) is 24.8 Å². The van der Waals surface area contributed by atoms with Crippen LogP contribution in [0, 0.1) is 0 Å². The Morgan fingerprint density at radius 3 is 2.92 bits per heavy atom. The molecule has 0 aliphatic carbocycles. The van der Waals surface area contributed by atoms with Crippen LogP contribution >= 0.6 is 11.5 Å². The highest BCUT2D eigenvalue weighted by molar-refractivity contribution is 7.09. The van der Waals surface area contributed by atoms with E-state index < -0.39 is 0 Å². The van der Waals surface area contributed by atoms with Crippen LogP contribution in [0.5, 0.6) is 0 Å². The number of anilines is 1. The van der Waals surface area contributed by atoms with Crippen molar-refractivity contribution in [2.75, 3.05) is 18.0 Å². The summed E-state index contributed by atoms with van der Waals surface area (Å²) in [4.78, 5) is 19.4. The molecule has 0 bridgehead atoms. The topological polar surface area (TPSA) is 58.1 Å². The Morgan fingerprint density at radius 2 is 2.12 bits per heavy atom. The number of carbonyl (C=O) groups is 1. The number of amides is 1. The monoisotopic (exact) mass is 372 g/mol. The average Bonchev–Trinajstić information content (AvgIpc) is 3.31. The molecule has 0 spiro atoms. The van der Waals surface area contributed by atoms with E-state index in [2.05, 4.69) is 33.6 Å². The number of nitrogens with one attached hydrogen (secondary N) is 1. The molecule has 1 amide bonds. The molecule has 5 nitrogen and oxygen atoms in total. The minimum atomic E-state index is -0.0984. The minimum Gasteiger partial charge on any atom is -0.354 e. The fraction of sp³-hybridized carbons (Fsp3) is 0.550. The van der Waals surface area contributed by atoms with Crippen LogP contribution in [-0.4, -0.2) is 34.4 Å². The lowest BCUT2D eigenvalue weighted by molar-refractivity contribution is -0.122. The van der Waals surface area contributed by atoms with Crippen LogP contribution in [-0.2, 0) is 11.2 Å². The molecule has 1 fully saturated rings. The van der Waals surface area contributed by atoms with Gasteiger partial charge < -0.3 is 10.2 Å². The van der Waals surface area contributed by atoms with E-state index in [4.69, 9.17) is 4.98 Å². The Labute approximate surface area is 160 Å². The van der Waals surface area contributed by atoms with Gasteiger partial charge in [0.2, 0.25) is 11.0 Å². The molecular weight excluding hydrogens is 344 g/mol. The van der Waals surface area contributed by atoms with Crippen LogP contribution in [0.2, 0.25) is 0 Å². The van der Waals surface area contributed by atoms with Crippen molar-refractivity contribution in [3.63, 3.8) is 0 Å². The van der Waals surface area contributed by atoms with Gasteiger partial charge in [0.1, 0.15) is 11.9 Å². The molecule has 1 N–H and O–H groups in total. The molecule has 3 rings (SSSR count). The van der Waals surface area contributed by atoms with Crippen molar-refractivity contribution >= 4 is 22.6 Å². The summed E-state index contributed by atoms with van der Waals surface area (Å²) in [7, 11) is 0. The van der Waals surface area contributed by atoms with Gasteiger partial charge in [-0.15, -0.1) is 0 Å². The normalized spacial score (nSPS) is 16.8. The number of nitrogens with zero attached hydrogens (tertiary/aromatic N) is 3. The van der Waals surface area contributed by atoms with Crippen molar-refractivity contribution in [3.05, 3.63) is 41.7 Å². The first-order valence-corrected chi connectivity index (χ1v) is 10.5. The van der Waals surface area contributed by atoms with Gasteiger partial charge in [-0.25, -0.2) is 4.98 Å². The second-order valence-corrected chi connectivity index (χ2v) is 7.59. The largest absolute Gasteiger partial charge is 0.354 e. The van der Waals surface area contributed by atoms with Gasteiger partial charge in [-0.3, -0.25) is 4.79 Å². The van der Waals surface area contributed by atoms with E-state index in [0.717, 1.165) is 49.7 Å². The number of benzene rings is 1.